The number of allylic oxidation sites excluding steroid dienone is 9. The molecule has 0 aliphatic carbocycles. The summed E-state index contributed by atoms with van der Waals surface area (Å²) in [5.41, 5.74) is 0. The molecule has 6 nitrogen and oxygen atoms in total. The third-order valence-corrected chi connectivity index (χ3v) is 11.9. The standard InChI is InChI=1S/C56H101NO5/c1-4-7-10-13-16-19-22-25-28-30-33-36-39-42-45-48-54(59)53(51-58)57-55(60)50-52(47-44-41-38-35-32-29-26-23-20-17-14-11-8-5-2)62-56(61)49-46-43-40-37-34-31-27-24-21-18-15-12-9-6-3/h8,11,17,20,26,29,35,38,44,47,52-54,58-59H,4-7,9-10,12-16,18-19,21-25,27-28,30-34,36-37,39-43,45-46,48-51H2,1-3H3,(H,57,60)/b11-8+,20-17+,29-26+,38-35+,47-44+. The summed E-state index contributed by atoms with van der Waals surface area (Å²) in [6, 6.07) is -0.741. The van der Waals surface area contributed by atoms with Crippen LogP contribution in [-0.2, 0) is 14.3 Å². The summed E-state index contributed by atoms with van der Waals surface area (Å²) < 4.78 is 5.83. The Hall–Kier alpha value is -2.44. The Balaban J connectivity index is 4.67. The van der Waals surface area contributed by atoms with Gasteiger partial charge in [-0.3, -0.25) is 9.59 Å². The van der Waals surface area contributed by atoms with Crippen molar-refractivity contribution >= 4 is 11.9 Å². The third kappa shape index (κ3) is 44.2. The fraction of sp³-hybridized carbons (Fsp3) is 0.786. The van der Waals surface area contributed by atoms with Gasteiger partial charge in [-0.2, -0.15) is 0 Å². The summed E-state index contributed by atoms with van der Waals surface area (Å²) in [4.78, 5) is 26.1. The van der Waals surface area contributed by atoms with Crippen molar-refractivity contribution in [2.24, 2.45) is 0 Å². The Morgan fingerprint density at radius 2 is 0.839 bits per heavy atom. The quantitative estimate of drug-likeness (QED) is 0.0322. The molecule has 0 saturated heterocycles. The van der Waals surface area contributed by atoms with E-state index in [1.54, 1.807) is 6.08 Å². The zero-order valence-electron chi connectivity index (χ0n) is 41.0. The zero-order valence-corrected chi connectivity index (χ0v) is 41.0. The highest BCUT2D eigenvalue weighted by atomic mass is 16.5. The number of hydrogen-bond donors (Lipinski definition) is 3. The van der Waals surface area contributed by atoms with Crippen LogP contribution >= 0.6 is 0 Å². The maximum Gasteiger partial charge on any atom is 0.306 e. The van der Waals surface area contributed by atoms with Crippen molar-refractivity contribution in [3.63, 3.8) is 0 Å². The SMILES string of the molecule is CC/C=C/C/C=C/C/C=C/C/C=C/C/C=C/C(CC(=O)NC(CO)C(O)CCCCCCCCCCCCCCCCC)OC(=O)CCCCCCCCCCCCCCCC. The molecule has 3 atom stereocenters. The van der Waals surface area contributed by atoms with Gasteiger partial charge in [0.1, 0.15) is 6.10 Å². The molecule has 6 heteroatoms. The van der Waals surface area contributed by atoms with Gasteiger partial charge in [0.05, 0.1) is 25.2 Å². The highest BCUT2D eigenvalue weighted by Crippen LogP contribution is 2.17. The number of nitrogens with one attached hydrogen (secondary N) is 1. The molecule has 3 unspecified atom stereocenters. The smallest absolute Gasteiger partial charge is 0.306 e. The monoisotopic (exact) mass is 868 g/mol. The van der Waals surface area contributed by atoms with Crippen LogP contribution in [0.1, 0.15) is 258 Å². The average molecular weight is 868 g/mol. The summed E-state index contributed by atoms with van der Waals surface area (Å²) in [5.74, 6) is -0.621. The van der Waals surface area contributed by atoms with Gasteiger partial charge < -0.3 is 20.3 Å². The topological polar surface area (TPSA) is 95.9 Å². The Kier molecular flexibility index (Phi) is 47.6. The molecule has 0 bridgehead atoms. The van der Waals surface area contributed by atoms with Gasteiger partial charge in [-0.25, -0.2) is 0 Å². The Morgan fingerprint density at radius 1 is 0.484 bits per heavy atom. The van der Waals surface area contributed by atoms with E-state index in [0.29, 0.717) is 19.3 Å². The summed E-state index contributed by atoms with van der Waals surface area (Å²) in [5, 5.41) is 23.7. The second kappa shape index (κ2) is 49.6. The Bertz CT molecular complexity index is 1110. The molecule has 0 aromatic heterocycles. The molecule has 3 N–H and O–H groups in total. The van der Waals surface area contributed by atoms with E-state index in [-0.39, 0.29) is 24.9 Å². The molecule has 0 aliphatic rings. The minimum Gasteiger partial charge on any atom is -0.458 e. The van der Waals surface area contributed by atoms with Gasteiger partial charge in [0.25, 0.3) is 0 Å². The summed E-state index contributed by atoms with van der Waals surface area (Å²) in [6.45, 7) is 6.35. The number of amides is 1. The predicted molar refractivity (Wildman–Crippen MR) is 268 cm³/mol. The zero-order chi connectivity index (χ0) is 45.2. The first kappa shape index (κ1) is 59.6. The lowest BCUT2D eigenvalue weighted by molar-refractivity contribution is -0.148. The summed E-state index contributed by atoms with van der Waals surface area (Å²) >= 11 is 0. The maximum atomic E-state index is 13.2. The molecule has 62 heavy (non-hydrogen) atoms. The summed E-state index contributed by atoms with van der Waals surface area (Å²) in [7, 11) is 0. The second-order valence-electron chi connectivity index (χ2n) is 17.9. The molecule has 0 aromatic carbocycles. The number of rotatable bonds is 47. The molecule has 0 saturated carbocycles. The highest BCUT2D eigenvalue weighted by molar-refractivity contribution is 5.78. The minimum atomic E-state index is -0.819. The van der Waals surface area contributed by atoms with Crippen LogP contribution in [-0.4, -0.2) is 46.9 Å². The van der Waals surface area contributed by atoms with E-state index in [1.807, 2.05) is 6.08 Å². The molecular weight excluding hydrogens is 767 g/mol. The van der Waals surface area contributed by atoms with E-state index < -0.39 is 18.2 Å². The van der Waals surface area contributed by atoms with Crippen molar-refractivity contribution < 1.29 is 24.5 Å². The minimum absolute atomic E-state index is 0.0443. The molecule has 0 heterocycles. The number of esters is 1. The lowest BCUT2D eigenvalue weighted by atomic mass is 10.0. The molecule has 1 amide bonds. The molecule has 0 aliphatic heterocycles. The van der Waals surface area contributed by atoms with Crippen molar-refractivity contribution in [1.29, 1.82) is 0 Å². The Labute approximate surface area is 384 Å². The van der Waals surface area contributed by atoms with Crippen LogP contribution in [0.3, 0.4) is 0 Å². The fourth-order valence-corrected chi connectivity index (χ4v) is 7.86. The van der Waals surface area contributed by atoms with Crippen molar-refractivity contribution in [1.82, 2.24) is 5.32 Å². The van der Waals surface area contributed by atoms with Crippen LogP contribution in [0.4, 0.5) is 0 Å². The molecule has 0 aromatic rings. The first-order valence-corrected chi connectivity index (χ1v) is 26.5. The van der Waals surface area contributed by atoms with E-state index >= 15 is 0 Å². The van der Waals surface area contributed by atoms with Gasteiger partial charge >= 0.3 is 5.97 Å². The van der Waals surface area contributed by atoms with Gasteiger partial charge in [-0.1, -0.05) is 255 Å². The van der Waals surface area contributed by atoms with Gasteiger partial charge in [-0.05, 0) is 51.0 Å². The number of carbonyl (C=O) groups is 2. The highest BCUT2D eigenvalue weighted by Gasteiger charge is 2.23. The number of carbonyl (C=O) groups excluding carboxylic acids is 2. The van der Waals surface area contributed by atoms with Crippen LogP contribution in [0.25, 0.3) is 0 Å². The van der Waals surface area contributed by atoms with Crippen LogP contribution in [0.5, 0.6) is 0 Å². The third-order valence-electron chi connectivity index (χ3n) is 11.9. The van der Waals surface area contributed by atoms with Crippen LogP contribution < -0.4 is 5.32 Å². The first-order valence-electron chi connectivity index (χ1n) is 26.5. The predicted octanol–water partition coefficient (Wildman–Crippen LogP) is 16.0. The van der Waals surface area contributed by atoms with Crippen molar-refractivity contribution in [3.05, 3.63) is 60.8 Å². The molecule has 0 radical (unpaired) electrons. The van der Waals surface area contributed by atoms with E-state index in [1.165, 1.54) is 148 Å². The van der Waals surface area contributed by atoms with Crippen molar-refractivity contribution in [3.8, 4) is 0 Å². The average Bonchev–Trinajstić information content (AvgIpc) is 3.26. The van der Waals surface area contributed by atoms with E-state index in [0.717, 1.165) is 64.2 Å². The normalized spacial score (nSPS) is 13.7. The molecule has 0 spiro atoms. The van der Waals surface area contributed by atoms with Gasteiger partial charge in [0, 0.05) is 6.42 Å². The number of aliphatic hydroxyl groups is 2. The van der Waals surface area contributed by atoms with Crippen molar-refractivity contribution in [2.75, 3.05) is 6.61 Å². The number of aliphatic hydroxyl groups excluding tert-OH is 2. The maximum absolute atomic E-state index is 13.2. The first-order chi connectivity index (χ1) is 30.5. The number of unbranched alkanes of at least 4 members (excludes halogenated alkanes) is 27. The lowest BCUT2D eigenvalue weighted by Gasteiger charge is -2.23. The molecular formula is C56H101NO5. The lowest BCUT2D eigenvalue weighted by Crippen LogP contribution is -2.46. The number of hydrogen-bond acceptors (Lipinski definition) is 5. The number of ether oxygens (including phenoxy) is 1. The van der Waals surface area contributed by atoms with Crippen LogP contribution in [0.15, 0.2) is 60.8 Å². The largest absolute Gasteiger partial charge is 0.458 e. The molecule has 0 fully saturated rings. The van der Waals surface area contributed by atoms with E-state index in [9.17, 15) is 19.8 Å². The fourth-order valence-electron chi connectivity index (χ4n) is 7.86. The molecule has 0 rings (SSSR count). The van der Waals surface area contributed by atoms with Crippen LogP contribution in [0.2, 0.25) is 0 Å². The molecule has 360 valence electrons. The van der Waals surface area contributed by atoms with E-state index in [4.69, 9.17) is 4.74 Å². The Morgan fingerprint density at radius 3 is 1.23 bits per heavy atom. The van der Waals surface area contributed by atoms with Crippen molar-refractivity contribution in [2.45, 2.75) is 277 Å². The van der Waals surface area contributed by atoms with Gasteiger partial charge in [0.15, 0.2) is 0 Å². The second-order valence-corrected chi connectivity index (χ2v) is 17.9. The van der Waals surface area contributed by atoms with E-state index in [2.05, 4.69) is 74.7 Å². The summed E-state index contributed by atoms with van der Waals surface area (Å²) in [6.07, 6.45) is 61.7. The van der Waals surface area contributed by atoms with Gasteiger partial charge in [-0.15, -0.1) is 0 Å². The van der Waals surface area contributed by atoms with Gasteiger partial charge in [0.2, 0.25) is 5.91 Å². The van der Waals surface area contributed by atoms with Crippen LogP contribution in [0, 0.1) is 0 Å².